The van der Waals surface area contributed by atoms with Crippen LogP contribution < -0.4 is 0 Å². The third kappa shape index (κ3) is 1.73. The van der Waals surface area contributed by atoms with Crippen LogP contribution in [0, 0.1) is 0 Å². The number of hydrogen-bond acceptors (Lipinski definition) is 1. The van der Waals surface area contributed by atoms with Crippen LogP contribution in [0.4, 0.5) is 4.79 Å². The molecule has 3 nitrogen and oxygen atoms in total. The molecule has 0 aromatic rings. The standard InChI is InChI=1S/C8H17BN2O/c1-9-7-5-4-6-11(7)8(12)10(2)3/h7,9H,4-6H2,1-3H3/t7-/m0/s1. The Morgan fingerprint density at radius 3 is 2.75 bits per heavy atom. The van der Waals surface area contributed by atoms with E-state index >= 15 is 0 Å². The largest absolute Gasteiger partial charge is 0.331 e. The minimum atomic E-state index is 0.166. The zero-order chi connectivity index (χ0) is 9.14. The lowest BCUT2D eigenvalue weighted by Gasteiger charge is -2.26. The molecule has 1 atom stereocenters. The SMILES string of the molecule is CB[C@@H]1CCCN1C(=O)N(C)C. The molecular formula is C8H17BN2O. The van der Waals surface area contributed by atoms with Crippen molar-refractivity contribution < 1.29 is 4.79 Å². The van der Waals surface area contributed by atoms with Gasteiger partial charge < -0.3 is 9.80 Å². The summed E-state index contributed by atoms with van der Waals surface area (Å²) in [5.74, 6) is 0.486. The molecule has 1 saturated heterocycles. The average molecular weight is 168 g/mol. The number of nitrogens with zero attached hydrogens (tertiary/aromatic N) is 2. The number of carbonyl (C=O) groups excluding carboxylic acids is 1. The van der Waals surface area contributed by atoms with Crippen LogP contribution in [0.3, 0.4) is 0 Å². The lowest BCUT2D eigenvalue weighted by molar-refractivity contribution is 0.177. The predicted molar refractivity (Wildman–Crippen MR) is 51.8 cm³/mol. The third-order valence-corrected chi connectivity index (χ3v) is 2.48. The topological polar surface area (TPSA) is 23.6 Å². The molecule has 0 radical (unpaired) electrons. The van der Waals surface area contributed by atoms with Crippen LogP contribution in [0.25, 0.3) is 0 Å². The maximum atomic E-state index is 11.6. The van der Waals surface area contributed by atoms with Gasteiger partial charge in [0.05, 0.1) is 0 Å². The predicted octanol–water partition coefficient (Wildman–Crippen LogP) is 0.575. The third-order valence-electron chi connectivity index (χ3n) is 2.48. The van der Waals surface area contributed by atoms with Crippen molar-refractivity contribution in [2.45, 2.75) is 25.6 Å². The summed E-state index contributed by atoms with van der Waals surface area (Å²) >= 11 is 0. The Labute approximate surface area is 75.0 Å². The Hall–Kier alpha value is -0.665. The highest BCUT2D eigenvalue weighted by molar-refractivity contribution is 6.36. The van der Waals surface area contributed by atoms with E-state index in [-0.39, 0.29) is 6.03 Å². The Kier molecular flexibility index (Phi) is 3.01. The molecule has 68 valence electrons. The van der Waals surface area contributed by atoms with E-state index in [1.54, 1.807) is 4.90 Å². The monoisotopic (exact) mass is 168 g/mol. The maximum absolute atomic E-state index is 11.6. The molecule has 2 amide bonds. The van der Waals surface area contributed by atoms with Crippen LogP contribution in [0.15, 0.2) is 0 Å². The summed E-state index contributed by atoms with van der Waals surface area (Å²) in [5, 5.41) is 0. The molecule has 1 rings (SSSR count). The van der Waals surface area contributed by atoms with Crippen LogP contribution in [0.1, 0.15) is 12.8 Å². The normalized spacial score (nSPS) is 22.6. The molecule has 0 saturated carbocycles. The summed E-state index contributed by atoms with van der Waals surface area (Å²) in [6, 6.07) is 0.166. The van der Waals surface area contributed by atoms with E-state index in [2.05, 4.69) is 6.82 Å². The second-order valence-corrected chi connectivity index (χ2v) is 3.57. The number of hydrogen-bond donors (Lipinski definition) is 0. The Bertz CT molecular complexity index is 172. The Balaban J connectivity index is 2.55. The maximum Gasteiger partial charge on any atom is 0.319 e. The van der Waals surface area contributed by atoms with Gasteiger partial charge in [0.1, 0.15) is 7.28 Å². The van der Waals surface area contributed by atoms with E-state index in [1.807, 2.05) is 19.0 Å². The molecule has 12 heavy (non-hydrogen) atoms. The van der Waals surface area contributed by atoms with Crippen LogP contribution in [-0.4, -0.2) is 49.7 Å². The van der Waals surface area contributed by atoms with Gasteiger partial charge in [0.2, 0.25) is 0 Å². The Morgan fingerprint density at radius 2 is 2.25 bits per heavy atom. The summed E-state index contributed by atoms with van der Waals surface area (Å²) in [6.45, 7) is 3.08. The molecule has 0 aromatic carbocycles. The molecule has 0 spiro atoms. The fourth-order valence-corrected chi connectivity index (χ4v) is 1.77. The lowest BCUT2D eigenvalue weighted by atomic mass is 9.71. The number of amides is 2. The molecule has 1 aliphatic heterocycles. The van der Waals surface area contributed by atoms with Crippen molar-refractivity contribution in [2.75, 3.05) is 20.6 Å². The number of carbonyl (C=O) groups is 1. The summed E-state index contributed by atoms with van der Waals surface area (Å²) in [6.07, 6.45) is 2.34. The molecule has 0 N–H and O–H groups in total. The summed E-state index contributed by atoms with van der Waals surface area (Å²) in [7, 11) is 4.71. The van der Waals surface area contributed by atoms with E-state index in [0.29, 0.717) is 5.94 Å². The van der Waals surface area contributed by atoms with Crippen LogP contribution >= 0.6 is 0 Å². The molecular weight excluding hydrogens is 151 g/mol. The minimum Gasteiger partial charge on any atom is -0.331 e. The highest BCUT2D eigenvalue weighted by Gasteiger charge is 2.28. The quantitative estimate of drug-likeness (QED) is 0.525. The number of urea groups is 1. The van der Waals surface area contributed by atoms with Gasteiger partial charge in [0.15, 0.2) is 0 Å². The fraction of sp³-hybridized carbons (Fsp3) is 0.875. The van der Waals surface area contributed by atoms with Crippen LogP contribution in [0.2, 0.25) is 6.82 Å². The molecule has 0 unspecified atom stereocenters. The van der Waals surface area contributed by atoms with Crippen molar-refractivity contribution in [2.24, 2.45) is 0 Å². The molecule has 1 aliphatic rings. The first-order valence-electron chi connectivity index (χ1n) is 4.64. The average Bonchev–Trinajstić information content (AvgIpc) is 2.49. The van der Waals surface area contributed by atoms with Gasteiger partial charge in [-0.2, -0.15) is 0 Å². The van der Waals surface area contributed by atoms with Gasteiger partial charge >= 0.3 is 6.03 Å². The molecule has 0 bridgehead atoms. The molecule has 1 fully saturated rings. The van der Waals surface area contributed by atoms with Crippen molar-refractivity contribution in [1.29, 1.82) is 0 Å². The van der Waals surface area contributed by atoms with E-state index in [4.69, 9.17) is 0 Å². The fourth-order valence-electron chi connectivity index (χ4n) is 1.77. The van der Waals surface area contributed by atoms with Gasteiger partial charge in [0.25, 0.3) is 0 Å². The Morgan fingerprint density at radius 1 is 1.58 bits per heavy atom. The summed E-state index contributed by atoms with van der Waals surface area (Å²) < 4.78 is 0. The second-order valence-electron chi connectivity index (χ2n) is 3.57. The highest BCUT2D eigenvalue weighted by atomic mass is 16.2. The van der Waals surface area contributed by atoms with E-state index in [1.165, 1.54) is 6.42 Å². The van der Waals surface area contributed by atoms with Crippen LogP contribution in [-0.2, 0) is 0 Å². The van der Waals surface area contributed by atoms with Crippen LogP contribution in [0.5, 0.6) is 0 Å². The minimum absolute atomic E-state index is 0.166. The highest BCUT2D eigenvalue weighted by Crippen LogP contribution is 2.17. The van der Waals surface area contributed by atoms with Crippen molar-refractivity contribution >= 4 is 13.3 Å². The summed E-state index contributed by atoms with van der Waals surface area (Å²) in [5.41, 5.74) is 0. The van der Waals surface area contributed by atoms with Gasteiger partial charge in [-0.05, 0) is 12.8 Å². The van der Waals surface area contributed by atoms with E-state index < -0.39 is 0 Å². The first kappa shape index (κ1) is 9.42. The van der Waals surface area contributed by atoms with Crippen molar-refractivity contribution in [3.63, 3.8) is 0 Å². The molecule has 4 heteroatoms. The number of likely N-dealkylation sites (tertiary alicyclic amines) is 1. The van der Waals surface area contributed by atoms with Crippen molar-refractivity contribution in [3.8, 4) is 0 Å². The zero-order valence-electron chi connectivity index (χ0n) is 8.21. The van der Waals surface area contributed by atoms with Gasteiger partial charge in [0, 0.05) is 26.6 Å². The smallest absolute Gasteiger partial charge is 0.319 e. The van der Waals surface area contributed by atoms with Gasteiger partial charge in [-0.1, -0.05) is 6.82 Å². The molecule has 1 heterocycles. The number of rotatable bonds is 1. The van der Waals surface area contributed by atoms with Gasteiger partial charge in [-0.25, -0.2) is 4.79 Å². The van der Waals surface area contributed by atoms with Crippen molar-refractivity contribution in [3.05, 3.63) is 0 Å². The first-order valence-corrected chi connectivity index (χ1v) is 4.64. The molecule has 0 aliphatic carbocycles. The second kappa shape index (κ2) is 3.83. The van der Waals surface area contributed by atoms with E-state index in [0.717, 1.165) is 20.2 Å². The summed E-state index contributed by atoms with van der Waals surface area (Å²) in [4.78, 5) is 15.2. The van der Waals surface area contributed by atoms with Gasteiger partial charge in [-0.3, -0.25) is 0 Å². The molecule has 0 aromatic heterocycles. The van der Waals surface area contributed by atoms with Crippen molar-refractivity contribution in [1.82, 2.24) is 9.80 Å². The lowest BCUT2D eigenvalue weighted by Crippen LogP contribution is -2.43. The first-order chi connectivity index (χ1) is 5.66. The van der Waals surface area contributed by atoms with E-state index in [9.17, 15) is 4.79 Å². The van der Waals surface area contributed by atoms with Gasteiger partial charge in [-0.15, -0.1) is 0 Å². The zero-order valence-corrected chi connectivity index (χ0v) is 8.21.